The van der Waals surface area contributed by atoms with Crippen LogP contribution in [0.1, 0.15) is 10.6 Å². The van der Waals surface area contributed by atoms with Crippen molar-refractivity contribution in [2.24, 2.45) is 0 Å². The van der Waals surface area contributed by atoms with Gasteiger partial charge in [-0.1, -0.05) is 6.08 Å². The lowest BCUT2D eigenvalue weighted by Gasteiger charge is -2.08. The van der Waals surface area contributed by atoms with Gasteiger partial charge in [-0.3, -0.25) is 0 Å². The lowest BCUT2D eigenvalue weighted by atomic mass is 10.1. The van der Waals surface area contributed by atoms with Crippen LogP contribution in [0.25, 0.3) is 6.08 Å². The molecule has 0 saturated carbocycles. The van der Waals surface area contributed by atoms with E-state index in [0.717, 1.165) is 12.1 Å². The number of aliphatic hydroxyl groups is 1. The first-order valence-corrected chi connectivity index (χ1v) is 4.03. The van der Waals surface area contributed by atoms with Gasteiger partial charge in [0.15, 0.2) is 0 Å². The van der Waals surface area contributed by atoms with Gasteiger partial charge < -0.3 is 5.11 Å². The van der Waals surface area contributed by atoms with Gasteiger partial charge >= 0.3 is 0 Å². The number of hydrogen-bond donors (Lipinski definition) is 1. The molecule has 1 aliphatic rings. The minimum atomic E-state index is -0.298. The molecular formula is C7H7NOS. The molecule has 1 unspecified atom stereocenters. The van der Waals surface area contributed by atoms with Gasteiger partial charge in [0.05, 0.1) is 17.3 Å². The Hall–Kier alpha value is -0.670. The fraction of sp³-hybridized carbons (Fsp3) is 0.286. The molecule has 1 aliphatic carbocycles. The summed E-state index contributed by atoms with van der Waals surface area (Å²) >= 11 is 1.61. The molecule has 1 aromatic heterocycles. The largest absolute Gasteiger partial charge is 0.389 e. The van der Waals surface area contributed by atoms with Gasteiger partial charge in [-0.25, -0.2) is 4.98 Å². The number of aromatic nitrogens is 1. The Morgan fingerprint density at radius 1 is 1.70 bits per heavy atom. The molecule has 0 aliphatic heterocycles. The molecule has 0 aromatic carbocycles. The maximum absolute atomic E-state index is 9.17. The van der Waals surface area contributed by atoms with Gasteiger partial charge in [-0.05, 0) is 6.08 Å². The average molecular weight is 153 g/mol. The smallest absolute Gasteiger partial charge is 0.0801 e. The molecule has 0 amide bonds. The quantitative estimate of drug-likeness (QED) is 0.605. The monoisotopic (exact) mass is 153 g/mol. The molecule has 52 valence electrons. The van der Waals surface area contributed by atoms with Crippen molar-refractivity contribution in [1.29, 1.82) is 0 Å². The Bertz CT molecular complexity index is 266. The fourth-order valence-corrected chi connectivity index (χ4v) is 1.83. The van der Waals surface area contributed by atoms with Crippen LogP contribution in [0.2, 0.25) is 0 Å². The van der Waals surface area contributed by atoms with Crippen LogP contribution in [0.4, 0.5) is 0 Å². The molecule has 2 nitrogen and oxygen atoms in total. The molecule has 1 heterocycles. The van der Waals surface area contributed by atoms with E-state index in [2.05, 4.69) is 4.98 Å². The van der Waals surface area contributed by atoms with E-state index in [0.29, 0.717) is 0 Å². The van der Waals surface area contributed by atoms with Gasteiger partial charge in [0, 0.05) is 11.3 Å². The van der Waals surface area contributed by atoms with Crippen LogP contribution < -0.4 is 0 Å². The van der Waals surface area contributed by atoms with Gasteiger partial charge in [0.25, 0.3) is 0 Å². The molecule has 0 spiro atoms. The third-order valence-corrected chi connectivity index (χ3v) is 2.41. The van der Waals surface area contributed by atoms with Crippen molar-refractivity contribution < 1.29 is 5.11 Å². The normalized spacial score (nSPS) is 22.7. The predicted octanol–water partition coefficient (Wildman–Crippen LogP) is 1.07. The van der Waals surface area contributed by atoms with Crippen molar-refractivity contribution >= 4 is 17.4 Å². The summed E-state index contributed by atoms with van der Waals surface area (Å²) in [7, 11) is 0. The zero-order valence-electron chi connectivity index (χ0n) is 5.32. The van der Waals surface area contributed by atoms with Crippen molar-refractivity contribution in [3.8, 4) is 0 Å². The third-order valence-electron chi connectivity index (χ3n) is 1.54. The van der Waals surface area contributed by atoms with Crippen LogP contribution in [-0.4, -0.2) is 16.2 Å². The molecule has 1 aromatic rings. The van der Waals surface area contributed by atoms with Crippen LogP contribution in [-0.2, 0) is 6.42 Å². The molecular weight excluding hydrogens is 146 g/mol. The first-order valence-electron chi connectivity index (χ1n) is 3.15. The SMILES string of the molecule is OC1C=Cc2ncsc2C1. The van der Waals surface area contributed by atoms with Gasteiger partial charge in [-0.2, -0.15) is 0 Å². The van der Waals surface area contributed by atoms with Crippen molar-refractivity contribution in [2.45, 2.75) is 12.5 Å². The summed E-state index contributed by atoms with van der Waals surface area (Å²) in [6.07, 6.45) is 4.09. The molecule has 0 fully saturated rings. The summed E-state index contributed by atoms with van der Waals surface area (Å²) in [5, 5.41) is 9.17. The zero-order chi connectivity index (χ0) is 6.97. The Kier molecular flexibility index (Phi) is 1.32. The maximum Gasteiger partial charge on any atom is 0.0801 e. The molecule has 3 heteroatoms. The first kappa shape index (κ1) is 6.07. The van der Waals surface area contributed by atoms with E-state index in [1.165, 1.54) is 4.88 Å². The summed E-state index contributed by atoms with van der Waals surface area (Å²) < 4.78 is 0. The van der Waals surface area contributed by atoms with E-state index in [1.807, 2.05) is 11.6 Å². The van der Waals surface area contributed by atoms with E-state index >= 15 is 0 Å². The summed E-state index contributed by atoms with van der Waals surface area (Å²) in [5.74, 6) is 0. The van der Waals surface area contributed by atoms with Crippen molar-refractivity contribution in [3.63, 3.8) is 0 Å². The van der Waals surface area contributed by atoms with Gasteiger partial charge in [0.1, 0.15) is 0 Å². The Balaban J connectivity index is 2.43. The second-order valence-electron chi connectivity index (χ2n) is 2.29. The summed E-state index contributed by atoms with van der Waals surface area (Å²) in [6.45, 7) is 0. The highest BCUT2D eigenvalue weighted by Gasteiger charge is 2.12. The number of thiazole rings is 1. The van der Waals surface area contributed by atoms with Crippen LogP contribution in [0, 0.1) is 0 Å². The fourth-order valence-electron chi connectivity index (χ4n) is 1.03. The number of rotatable bonds is 0. The van der Waals surface area contributed by atoms with Gasteiger partial charge in [-0.15, -0.1) is 11.3 Å². The summed E-state index contributed by atoms with van der Waals surface area (Å²) in [5.41, 5.74) is 2.84. The predicted molar refractivity (Wildman–Crippen MR) is 40.9 cm³/mol. The van der Waals surface area contributed by atoms with Crippen LogP contribution in [0.15, 0.2) is 11.6 Å². The lowest BCUT2D eigenvalue weighted by molar-refractivity contribution is 0.224. The number of fused-ring (bicyclic) bond motifs is 1. The second-order valence-corrected chi connectivity index (χ2v) is 3.23. The number of nitrogens with zero attached hydrogens (tertiary/aromatic N) is 1. The molecule has 0 bridgehead atoms. The molecule has 1 atom stereocenters. The van der Waals surface area contributed by atoms with E-state index in [9.17, 15) is 0 Å². The van der Waals surface area contributed by atoms with Crippen molar-refractivity contribution in [3.05, 3.63) is 22.2 Å². The van der Waals surface area contributed by atoms with E-state index in [4.69, 9.17) is 5.11 Å². The van der Waals surface area contributed by atoms with E-state index in [1.54, 1.807) is 17.4 Å². The Morgan fingerprint density at radius 3 is 3.50 bits per heavy atom. The van der Waals surface area contributed by atoms with Gasteiger partial charge in [0.2, 0.25) is 0 Å². The minimum Gasteiger partial charge on any atom is -0.389 e. The zero-order valence-corrected chi connectivity index (χ0v) is 6.14. The minimum absolute atomic E-state index is 0.298. The topological polar surface area (TPSA) is 33.1 Å². The number of hydrogen-bond acceptors (Lipinski definition) is 3. The number of aliphatic hydroxyl groups excluding tert-OH is 1. The molecule has 10 heavy (non-hydrogen) atoms. The highest BCUT2D eigenvalue weighted by atomic mass is 32.1. The summed E-state index contributed by atoms with van der Waals surface area (Å²) in [6, 6.07) is 0. The second kappa shape index (κ2) is 2.18. The van der Waals surface area contributed by atoms with E-state index in [-0.39, 0.29) is 6.10 Å². The molecule has 2 rings (SSSR count). The molecule has 0 radical (unpaired) electrons. The standard InChI is InChI=1S/C7H7NOS/c9-5-1-2-6-7(3-5)10-4-8-6/h1-2,4-5,9H,3H2. The molecule has 1 N–H and O–H groups in total. The molecule has 0 saturated heterocycles. The summed E-state index contributed by atoms with van der Waals surface area (Å²) in [4.78, 5) is 5.30. The van der Waals surface area contributed by atoms with Crippen LogP contribution in [0.3, 0.4) is 0 Å². The maximum atomic E-state index is 9.17. The highest BCUT2D eigenvalue weighted by molar-refractivity contribution is 7.09. The lowest BCUT2D eigenvalue weighted by Crippen LogP contribution is -2.09. The van der Waals surface area contributed by atoms with Crippen molar-refractivity contribution in [2.75, 3.05) is 0 Å². The highest BCUT2D eigenvalue weighted by Crippen LogP contribution is 2.21. The third kappa shape index (κ3) is 0.874. The van der Waals surface area contributed by atoms with Crippen LogP contribution in [0.5, 0.6) is 0 Å². The Labute approximate surface area is 62.8 Å². The van der Waals surface area contributed by atoms with Crippen LogP contribution >= 0.6 is 11.3 Å². The Morgan fingerprint density at radius 2 is 2.60 bits per heavy atom. The van der Waals surface area contributed by atoms with E-state index < -0.39 is 0 Å². The average Bonchev–Trinajstić information content (AvgIpc) is 2.33. The van der Waals surface area contributed by atoms with Crippen molar-refractivity contribution in [1.82, 2.24) is 4.98 Å². The first-order chi connectivity index (χ1) is 4.86.